The molecule has 16 heavy (non-hydrogen) atoms. The summed E-state index contributed by atoms with van der Waals surface area (Å²) in [6.07, 6.45) is 2.03. The summed E-state index contributed by atoms with van der Waals surface area (Å²) in [5.74, 6) is 0. The summed E-state index contributed by atoms with van der Waals surface area (Å²) in [6.45, 7) is 6.20. The van der Waals surface area contributed by atoms with Gasteiger partial charge in [-0.2, -0.15) is 0 Å². The Bertz CT molecular complexity index is 572. The van der Waals surface area contributed by atoms with E-state index in [2.05, 4.69) is 46.9 Å². The van der Waals surface area contributed by atoms with Crippen LogP contribution in [0.25, 0.3) is 5.69 Å². The average molecular weight is 297 g/mol. The molecule has 2 rings (SSSR count). The number of imidazole rings is 1. The van der Waals surface area contributed by atoms with Crippen molar-refractivity contribution in [2.75, 3.05) is 0 Å². The van der Waals surface area contributed by atoms with E-state index in [1.165, 1.54) is 11.1 Å². The molecule has 0 aliphatic heterocycles. The van der Waals surface area contributed by atoms with Gasteiger partial charge in [-0.1, -0.05) is 15.9 Å². The minimum atomic E-state index is 0.742. The molecule has 0 atom stereocenters. The molecule has 84 valence electrons. The first-order chi connectivity index (χ1) is 7.49. The number of nitrogens with one attached hydrogen (secondary N) is 1. The number of nitrogens with zero attached hydrogens (tertiary/aromatic N) is 1. The standard InChI is InChI=1S/C12H13BrN2S/c1-7-4-10(13)5-8(2)11(7)15-6-9(3)14-12(15)16/h4-6H,1-3H3,(H,14,16). The first-order valence-corrected chi connectivity index (χ1v) is 6.24. The number of rotatable bonds is 1. The van der Waals surface area contributed by atoms with Gasteiger partial charge in [0.15, 0.2) is 4.77 Å². The summed E-state index contributed by atoms with van der Waals surface area (Å²) in [6, 6.07) is 4.21. The number of aromatic amines is 1. The van der Waals surface area contributed by atoms with Gasteiger partial charge in [0.2, 0.25) is 0 Å². The molecule has 2 nitrogen and oxygen atoms in total. The highest BCUT2D eigenvalue weighted by atomic mass is 79.9. The van der Waals surface area contributed by atoms with Crippen LogP contribution in [0.5, 0.6) is 0 Å². The van der Waals surface area contributed by atoms with Crippen molar-refractivity contribution in [3.05, 3.63) is 44.4 Å². The van der Waals surface area contributed by atoms with Crippen LogP contribution < -0.4 is 0 Å². The van der Waals surface area contributed by atoms with Crippen LogP contribution in [0.2, 0.25) is 0 Å². The van der Waals surface area contributed by atoms with Crippen molar-refractivity contribution in [3.63, 3.8) is 0 Å². The maximum atomic E-state index is 5.30. The highest BCUT2D eigenvalue weighted by molar-refractivity contribution is 9.10. The Kier molecular flexibility index (Phi) is 3.04. The predicted octanol–water partition coefficient (Wildman–Crippen LogP) is 4.22. The van der Waals surface area contributed by atoms with E-state index < -0.39 is 0 Å². The number of H-pyrrole nitrogens is 1. The lowest BCUT2D eigenvalue weighted by Gasteiger charge is -2.11. The predicted molar refractivity (Wildman–Crippen MR) is 72.9 cm³/mol. The fraction of sp³-hybridized carbons (Fsp3) is 0.250. The van der Waals surface area contributed by atoms with Gasteiger partial charge < -0.3 is 4.98 Å². The number of hydrogen-bond donors (Lipinski definition) is 1. The van der Waals surface area contributed by atoms with E-state index in [1.807, 2.05) is 17.7 Å². The van der Waals surface area contributed by atoms with Crippen molar-refractivity contribution < 1.29 is 0 Å². The van der Waals surface area contributed by atoms with E-state index in [0.29, 0.717) is 0 Å². The van der Waals surface area contributed by atoms with Crippen LogP contribution in [0.15, 0.2) is 22.8 Å². The van der Waals surface area contributed by atoms with Crippen LogP contribution in [0.1, 0.15) is 16.8 Å². The molecule has 1 heterocycles. The molecule has 1 aromatic carbocycles. The third-order valence-corrected chi connectivity index (χ3v) is 3.30. The third-order valence-electron chi connectivity index (χ3n) is 2.54. The quantitative estimate of drug-likeness (QED) is 0.781. The number of benzene rings is 1. The average Bonchev–Trinajstić information content (AvgIpc) is 2.43. The lowest BCUT2D eigenvalue weighted by atomic mass is 10.1. The van der Waals surface area contributed by atoms with Crippen molar-refractivity contribution in [3.8, 4) is 5.69 Å². The van der Waals surface area contributed by atoms with Gasteiger partial charge in [-0.3, -0.25) is 4.57 Å². The Morgan fingerprint density at radius 3 is 2.19 bits per heavy atom. The monoisotopic (exact) mass is 296 g/mol. The lowest BCUT2D eigenvalue weighted by Crippen LogP contribution is -1.99. The van der Waals surface area contributed by atoms with Gasteiger partial charge in [0.25, 0.3) is 0 Å². The minimum Gasteiger partial charge on any atom is -0.335 e. The van der Waals surface area contributed by atoms with Crippen LogP contribution in [0, 0.1) is 25.5 Å². The van der Waals surface area contributed by atoms with E-state index >= 15 is 0 Å². The highest BCUT2D eigenvalue weighted by Gasteiger charge is 2.08. The molecule has 0 radical (unpaired) electrons. The summed E-state index contributed by atoms with van der Waals surface area (Å²) in [7, 11) is 0. The summed E-state index contributed by atoms with van der Waals surface area (Å²) >= 11 is 8.80. The van der Waals surface area contributed by atoms with Crippen molar-refractivity contribution >= 4 is 28.1 Å². The van der Waals surface area contributed by atoms with Crippen molar-refractivity contribution in [2.45, 2.75) is 20.8 Å². The normalized spacial score (nSPS) is 10.8. The fourth-order valence-corrected chi connectivity index (χ4v) is 2.95. The summed E-state index contributed by atoms with van der Waals surface area (Å²) < 4.78 is 3.87. The Balaban J connectivity index is 2.74. The second-order valence-electron chi connectivity index (χ2n) is 4.00. The van der Waals surface area contributed by atoms with Gasteiger partial charge in [-0.25, -0.2) is 0 Å². The van der Waals surface area contributed by atoms with Crippen molar-refractivity contribution in [2.24, 2.45) is 0 Å². The van der Waals surface area contributed by atoms with E-state index in [-0.39, 0.29) is 0 Å². The number of aryl methyl sites for hydroxylation is 3. The van der Waals surface area contributed by atoms with Gasteiger partial charge in [-0.05, 0) is 56.2 Å². The minimum absolute atomic E-state index is 0.742. The third kappa shape index (κ3) is 1.99. The second-order valence-corrected chi connectivity index (χ2v) is 5.30. The molecule has 4 heteroatoms. The Morgan fingerprint density at radius 2 is 1.75 bits per heavy atom. The van der Waals surface area contributed by atoms with E-state index in [9.17, 15) is 0 Å². The molecular weight excluding hydrogens is 284 g/mol. The Morgan fingerprint density at radius 1 is 1.19 bits per heavy atom. The SMILES string of the molecule is Cc1cn(-c2c(C)cc(Br)cc2C)c(=S)[nH]1. The molecule has 0 saturated carbocycles. The van der Waals surface area contributed by atoms with Gasteiger partial charge in [0.05, 0.1) is 5.69 Å². The van der Waals surface area contributed by atoms with E-state index in [1.54, 1.807) is 0 Å². The molecule has 1 N–H and O–H groups in total. The summed E-state index contributed by atoms with van der Waals surface area (Å²) in [5.41, 5.74) is 4.66. The zero-order chi connectivity index (χ0) is 11.9. The summed E-state index contributed by atoms with van der Waals surface area (Å²) in [4.78, 5) is 3.14. The first-order valence-electron chi connectivity index (χ1n) is 5.04. The van der Waals surface area contributed by atoms with Crippen LogP contribution >= 0.6 is 28.1 Å². The number of halogens is 1. The smallest absolute Gasteiger partial charge is 0.182 e. The van der Waals surface area contributed by atoms with Crippen molar-refractivity contribution in [1.82, 2.24) is 9.55 Å². The van der Waals surface area contributed by atoms with Gasteiger partial charge in [0.1, 0.15) is 0 Å². The van der Waals surface area contributed by atoms with Crippen LogP contribution in [0.4, 0.5) is 0 Å². The molecular formula is C12H13BrN2S. The molecule has 0 spiro atoms. The maximum Gasteiger partial charge on any atom is 0.182 e. The van der Waals surface area contributed by atoms with E-state index in [4.69, 9.17) is 12.2 Å². The van der Waals surface area contributed by atoms with Crippen LogP contribution in [-0.2, 0) is 0 Å². The highest BCUT2D eigenvalue weighted by Crippen LogP contribution is 2.24. The number of hydrogen-bond acceptors (Lipinski definition) is 1. The maximum absolute atomic E-state index is 5.30. The summed E-state index contributed by atoms with van der Waals surface area (Å²) in [5, 5.41) is 0. The Hall–Kier alpha value is -0.870. The largest absolute Gasteiger partial charge is 0.335 e. The van der Waals surface area contributed by atoms with Gasteiger partial charge in [0, 0.05) is 16.4 Å². The molecule has 2 aromatic rings. The molecule has 0 saturated heterocycles. The fourth-order valence-electron chi connectivity index (χ4n) is 1.96. The molecule has 0 unspecified atom stereocenters. The van der Waals surface area contributed by atoms with E-state index in [0.717, 1.165) is 20.6 Å². The second kappa shape index (κ2) is 4.18. The topological polar surface area (TPSA) is 20.7 Å². The van der Waals surface area contributed by atoms with Crippen molar-refractivity contribution in [1.29, 1.82) is 0 Å². The number of aromatic nitrogens is 2. The first kappa shape index (κ1) is 11.6. The zero-order valence-electron chi connectivity index (χ0n) is 9.47. The zero-order valence-corrected chi connectivity index (χ0v) is 11.9. The van der Waals surface area contributed by atoms with Gasteiger partial charge in [-0.15, -0.1) is 0 Å². The van der Waals surface area contributed by atoms with Crippen LogP contribution in [0.3, 0.4) is 0 Å². The molecule has 0 aliphatic rings. The molecule has 0 aliphatic carbocycles. The van der Waals surface area contributed by atoms with Gasteiger partial charge >= 0.3 is 0 Å². The molecule has 1 aromatic heterocycles. The Labute approximate surface area is 108 Å². The molecule has 0 fully saturated rings. The van der Waals surface area contributed by atoms with Crippen LogP contribution in [-0.4, -0.2) is 9.55 Å². The molecule has 0 bridgehead atoms. The lowest BCUT2D eigenvalue weighted by molar-refractivity contribution is 1.00. The molecule has 0 amide bonds.